The van der Waals surface area contributed by atoms with E-state index in [0.29, 0.717) is 26.2 Å². The number of unbranched alkanes of at least 4 members (excludes halogenated alkanes) is 1. The number of imide groups is 1. The zero-order valence-electron chi connectivity index (χ0n) is 19.1. The summed E-state index contributed by atoms with van der Waals surface area (Å²) < 4.78 is 0. The molecule has 0 bridgehead atoms. The molecule has 34 heavy (non-hydrogen) atoms. The van der Waals surface area contributed by atoms with Gasteiger partial charge >= 0.3 is 0 Å². The molecule has 11 heteroatoms. The second-order valence-corrected chi connectivity index (χ2v) is 8.15. The van der Waals surface area contributed by atoms with Crippen molar-refractivity contribution in [2.75, 3.05) is 57.3 Å². The first-order valence-corrected chi connectivity index (χ1v) is 11.0. The number of anilines is 1. The molecule has 2 fully saturated rings. The Morgan fingerprint density at radius 3 is 1.91 bits per heavy atom. The molecule has 2 amide bonds. The number of piperazine rings is 2. The minimum absolute atomic E-state index is 0. The summed E-state index contributed by atoms with van der Waals surface area (Å²) in [7, 11) is 0. The highest BCUT2D eigenvalue weighted by Crippen LogP contribution is 2.13. The zero-order chi connectivity index (χ0) is 21.5. The van der Waals surface area contributed by atoms with Gasteiger partial charge in [0.15, 0.2) is 0 Å². The Morgan fingerprint density at radius 2 is 1.29 bits per heavy atom. The molecule has 0 spiro atoms. The number of rotatable bonds is 8. The molecular formula is C23H33Cl3N6O2. The summed E-state index contributed by atoms with van der Waals surface area (Å²) in [6, 6.07) is 11.8. The van der Waals surface area contributed by atoms with Crippen LogP contribution in [0, 0.1) is 0 Å². The smallest absolute Gasteiger partial charge is 0.243 e. The van der Waals surface area contributed by atoms with Crippen LogP contribution in [0.25, 0.3) is 0 Å². The first kappa shape index (κ1) is 30.1. The Labute approximate surface area is 219 Å². The predicted octanol–water partition coefficient (Wildman–Crippen LogP) is 2.52. The van der Waals surface area contributed by atoms with Crippen LogP contribution in [-0.4, -0.2) is 88.8 Å². The molecule has 2 aliphatic rings. The van der Waals surface area contributed by atoms with Crippen LogP contribution in [0.4, 0.5) is 5.95 Å². The lowest BCUT2D eigenvalue weighted by molar-refractivity contribution is -0.151. The Morgan fingerprint density at radius 1 is 0.706 bits per heavy atom. The Kier molecular flexibility index (Phi) is 13.4. The topological polar surface area (TPSA) is 72.9 Å². The van der Waals surface area contributed by atoms with Gasteiger partial charge in [0, 0.05) is 51.7 Å². The number of nitrogens with zero attached hydrogens (tertiary/aromatic N) is 6. The number of aromatic nitrogens is 2. The Balaban J connectivity index is 0.00000193. The standard InChI is InChI=1S/C23H30N6O2.3ClH/c30-21-18-27(17-20-7-2-1-3-8-20)19-22(31)29(21)12-5-4-11-26-13-15-28(16-14-26)23-24-9-6-10-25-23;;;/h1-3,6-10H,4-5,11-19H2;3*1H. The highest BCUT2D eigenvalue weighted by molar-refractivity contribution is 5.99. The van der Waals surface area contributed by atoms with Gasteiger partial charge in [0.25, 0.3) is 0 Å². The fourth-order valence-electron chi connectivity index (χ4n) is 4.18. The maximum Gasteiger partial charge on any atom is 0.243 e. The summed E-state index contributed by atoms with van der Waals surface area (Å²) in [5.41, 5.74) is 1.12. The molecule has 4 rings (SSSR count). The number of halogens is 3. The molecule has 1 aromatic heterocycles. The van der Waals surface area contributed by atoms with Crippen molar-refractivity contribution in [1.82, 2.24) is 24.7 Å². The van der Waals surface area contributed by atoms with E-state index in [4.69, 9.17) is 0 Å². The largest absolute Gasteiger partial charge is 0.338 e. The number of amides is 2. The summed E-state index contributed by atoms with van der Waals surface area (Å²) in [5, 5.41) is 0. The van der Waals surface area contributed by atoms with Crippen LogP contribution in [0.3, 0.4) is 0 Å². The number of carbonyl (C=O) groups excluding carboxylic acids is 2. The Bertz CT molecular complexity index is 852. The summed E-state index contributed by atoms with van der Waals surface area (Å²) >= 11 is 0. The minimum Gasteiger partial charge on any atom is -0.338 e. The fourth-order valence-corrected chi connectivity index (χ4v) is 4.18. The van der Waals surface area contributed by atoms with Crippen LogP contribution in [0.2, 0.25) is 0 Å². The van der Waals surface area contributed by atoms with Gasteiger partial charge in [-0.25, -0.2) is 9.97 Å². The number of hydrogen-bond donors (Lipinski definition) is 0. The third-order valence-corrected chi connectivity index (χ3v) is 5.88. The lowest BCUT2D eigenvalue weighted by Gasteiger charge is -2.35. The van der Waals surface area contributed by atoms with Gasteiger partial charge in [0.1, 0.15) is 0 Å². The van der Waals surface area contributed by atoms with E-state index in [0.717, 1.165) is 57.1 Å². The lowest BCUT2D eigenvalue weighted by Crippen LogP contribution is -2.53. The molecule has 3 heterocycles. The third-order valence-electron chi connectivity index (χ3n) is 5.88. The quantitative estimate of drug-likeness (QED) is 0.383. The van der Waals surface area contributed by atoms with E-state index in [1.54, 1.807) is 12.4 Å². The Hall–Kier alpha value is -1.97. The van der Waals surface area contributed by atoms with Crippen LogP contribution in [0.15, 0.2) is 48.8 Å². The first-order chi connectivity index (χ1) is 15.2. The fraction of sp³-hybridized carbons (Fsp3) is 0.478. The molecule has 0 atom stereocenters. The van der Waals surface area contributed by atoms with Gasteiger partial charge < -0.3 is 4.90 Å². The van der Waals surface area contributed by atoms with Gasteiger partial charge in [-0.1, -0.05) is 30.3 Å². The van der Waals surface area contributed by atoms with Crippen molar-refractivity contribution in [3.63, 3.8) is 0 Å². The predicted molar refractivity (Wildman–Crippen MR) is 140 cm³/mol. The molecule has 2 aliphatic heterocycles. The average Bonchev–Trinajstić information content (AvgIpc) is 2.80. The van der Waals surface area contributed by atoms with E-state index in [1.165, 1.54) is 4.90 Å². The summed E-state index contributed by atoms with van der Waals surface area (Å²) in [6.45, 7) is 6.56. The molecule has 0 radical (unpaired) electrons. The van der Waals surface area contributed by atoms with E-state index in [-0.39, 0.29) is 49.0 Å². The van der Waals surface area contributed by atoms with Crippen molar-refractivity contribution in [1.29, 1.82) is 0 Å². The number of hydrogen-bond acceptors (Lipinski definition) is 7. The summed E-state index contributed by atoms with van der Waals surface area (Å²) in [4.78, 5) is 41.7. The molecule has 0 N–H and O–H groups in total. The second kappa shape index (κ2) is 15.1. The normalized spacial score (nSPS) is 16.9. The van der Waals surface area contributed by atoms with E-state index in [1.807, 2.05) is 41.3 Å². The number of benzene rings is 1. The third kappa shape index (κ3) is 8.36. The average molecular weight is 532 g/mol. The molecular weight excluding hydrogens is 499 g/mol. The molecule has 0 unspecified atom stereocenters. The highest BCUT2D eigenvalue weighted by atomic mass is 35.5. The molecule has 1 aromatic carbocycles. The van der Waals surface area contributed by atoms with Crippen LogP contribution in [0.1, 0.15) is 18.4 Å². The van der Waals surface area contributed by atoms with Crippen LogP contribution in [0.5, 0.6) is 0 Å². The van der Waals surface area contributed by atoms with Gasteiger partial charge in [-0.05, 0) is 31.0 Å². The molecule has 2 aromatic rings. The van der Waals surface area contributed by atoms with Crippen LogP contribution >= 0.6 is 37.2 Å². The molecule has 0 saturated carbocycles. The SMILES string of the molecule is Cl.Cl.Cl.O=C1CN(Cc2ccccc2)CC(=O)N1CCCCN1CCN(c2ncccn2)CC1. The first-order valence-electron chi connectivity index (χ1n) is 11.0. The van der Waals surface area contributed by atoms with Crippen molar-refractivity contribution in [2.24, 2.45) is 0 Å². The van der Waals surface area contributed by atoms with E-state index >= 15 is 0 Å². The molecule has 2 saturated heterocycles. The van der Waals surface area contributed by atoms with Crippen LogP contribution in [-0.2, 0) is 16.1 Å². The van der Waals surface area contributed by atoms with Crippen molar-refractivity contribution < 1.29 is 9.59 Å². The lowest BCUT2D eigenvalue weighted by atomic mass is 10.2. The maximum atomic E-state index is 12.5. The van der Waals surface area contributed by atoms with Gasteiger partial charge in [-0.3, -0.25) is 24.3 Å². The maximum absolute atomic E-state index is 12.5. The molecule has 0 aliphatic carbocycles. The van der Waals surface area contributed by atoms with Gasteiger partial charge in [-0.2, -0.15) is 0 Å². The van der Waals surface area contributed by atoms with Crippen molar-refractivity contribution in [3.8, 4) is 0 Å². The summed E-state index contributed by atoms with van der Waals surface area (Å²) in [5.74, 6) is 0.637. The second-order valence-electron chi connectivity index (χ2n) is 8.15. The van der Waals surface area contributed by atoms with E-state index in [2.05, 4.69) is 19.8 Å². The molecule has 8 nitrogen and oxygen atoms in total. The van der Waals surface area contributed by atoms with Crippen molar-refractivity contribution >= 4 is 55.0 Å². The summed E-state index contributed by atoms with van der Waals surface area (Å²) in [6.07, 6.45) is 5.38. The van der Waals surface area contributed by atoms with Crippen LogP contribution < -0.4 is 4.90 Å². The molecule has 188 valence electrons. The van der Waals surface area contributed by atoms with E-state index < -0.39 is 0 Å². The highest BCUT2D eigenvalue weighted by Gasteiger charge is 2.30. The zero-order valence-corrected chi connectivity index (χ0v) is 21.6. The van der Waals surface area contributed by atoms with Crippen molar-refractivity contribution in [3.05, 3.63) is 54.4 Å². The minimum atomic E-state index is -0.0799. The number of carbonyl (C=O) groups is 2. The van der Waals surface area contributed by atoms with Gasteiger partial charge in [0.2, 0.25) is 17.8 Å². The van der Waals surface area contributed by atoms with Gasteiger partial charge in [-0.15, -0.1) is 37.2 Å². The monoisotopic (exact) mass is 530 g/mol. The van der Waals surface area contributed by atoms with Gasteiger partial charge in [0.05, 0.1) is 13.1 Å². The van der Waals surface area contributed by atoms with Crippen molar-refractivity contribution in [2.45, 2.75) is 19.4 Å². The van der Waals surface area contributed by atoms with E-state index in [9.17, 15) is 9.59 Å².